The molecule has 2 N–H and O–H groups in total. The van der Waals surface area contributed by atoms with Gasteiger partial charge in [-0.3, -0.25) is 4.98 Å². The van der Waals surface area contributed by atoms with Crippen LogP contribution in [0.2, 0.25) is 5.02 Å². The van der Waals surface area contributed by atoms with E-state index in [1.54, 1.807) is 0 Å². The van der Waals surface area contributed by atoms with Crippen LogP contribution in [-0.2, 0) is 0 Å². The average molecular weight is 221 g/mol. The zero-order valence-electron chi connectivity index (χ0n) is 8.79. The lowest BCUT2D eigenvalue weighted by molar-refractivity contribution is 0.830. The second kappa shape index (κ2) is 3.70. The molecule has 1 aromatic heterocycles. The van der Waals surface area contributed by atoms with Crippen LogP contribution in [0.4, 0.5) is 5.69 Å². The molecule has 15 heavy (non-hydrogen) atoms. The average Bonchev–Trinajstić information content (AvgIpc) is 2.19. The minimum Gasteiger partial charge on any atom is -0.398 e. The van der Waals surface area contributed by atoms with Crippen molar-refractivity contribution in [2.75, 3.05) is 5.73 Å². The molecule has 0 radical (unpaired) electrons. The van der Waals surface area contributed by atoms with Gasteiger partial charge in [0.05, 0.1) is 10.5 Å². The summed E-state index contributed by atoms with van der Waals surface area (Å²) in [4.78, 5) is 4.52. The van der Waals surface area contributed by atoms with E-state index in [1.165, 1.54) is 0 Å². The Bertz CT molecular complexity index is 506. The molecule has 1 aromatic carbocycles. The Balaban J connectivity index is 2.80. The molecular weight excluding hydrogens is 208 g/mol. The molecule has 3 heteroatoms. The van der Waals surface area contributed by atoms with Gasteiger partial charge in [0.15, 0.2) is 0 Å². The summed E-state index contributed by atoms with van der Waals surface area (Å²) >= 11 is 6.09. The Morgan fingerprint density at radius 1 is 1.33 bits per heavy atom. The fraction of sp³-hybridized carbons (Fsp3) is 0.250. The SMILES string of the molecule is CC(C)c1cc(N)c2cccc(Cl)c2n1. The van der Waals surface area contributed by atoms with Crippen molar-refractivity contribution < 1.29 is 0 Å². The van der Waals surface area contributed by atoms with E-state index in [-0.39, 0.29) is 0 Å². The molecule has 0 amide bonds. The van der Waals surface area contributed by atoms with Crippen LogP contribution in [0.1, 0.15) is 25.5 Å². The van der Waals surface area contributed by atoms with Crippen LogP contribution in [-0.4, -0.2) is 4.98 Å². The number of para-hydroxylation sites is 1. The van der Waals surface area contributed by atoms with Gasteiger partial charge in [0, 0.05) is 16.8 Å². The Kier molecular flexibility index (Phi) is 2.53. The number of fused-ring (bicyclic) bond motifs is 1. The molecule has 0 fully saturated rings. The van der Waals surface area contributed by atoms with Crippen LogP contribution < -0.4 is 5.73 Å². The van der Waals surface area contributed by atoms with Crippen LogP contribution >= 0.6 is 11.6 Å². The highest BCUT2D eigenvalue weighted by Gasteiger charge is 2.08. The number of halogens is 1. The van der Waals surface area contributed by atoms with Gasteiger partial charge in [-0.05, 0) is 18.1 Å². The first kappa shape index (κ1) is 10.2. The summed E-state index contributed by atoms with van der Waals surface area (Å²) in [5.41, 5.74) is 8.48. The maximum Gasteiger partial charge on any atom is 0.0912 e. The van der Waals surface area contributed by atoms with Gasteiger partial charge in [0.1, 0.15) is 0 Å². The lowest BCUT2D eigenvalue weighted by atomic mass is 10.1. The Morgan fingerprint density at radius 2 is 2.07 bits per heavy atom. The van der Waals surface area contributed by atoms with E-state index in [4.69, 9.17) is 17.3 Å². The van der Waals surface area contributed by atoms with Crippen molar-refractivity contribution in [2.24, 2.45) is 0 Å². The zero-order chi connectivity index (χ0) is 11.0. The molecule has 0 aliphatic rings. The molecule has 0 atom stereocenters. The molecule has 0 aliphatic carbocycles. The molecular formula is C12H13ClN2. The number of nitrogens with two attached hydrogens (primary N) is 1. The summed E-state index contributed by atoms with van der Waals surface area (Å²) in [6.45, 7) is 4.18. The fourth-order valence-corrected chi connectivity index (χ4v) is 1.77. The van der Waals surface area contributed by atoms with Gasteiger partial charge >= 0.3 is 0 Å². The third-order valence-electron chi connectivity index (χ3n) is 2.43. The van der Waals surface area contributed by atoms with Crippen molar-refractivity contribution in [1.82, 2.24) is 4.98 Å². The van der Waals surface area contributed by atoms with Gasteiger partial charge in [0.2, 0.25) is 0 Å². The number of aromatic nitrogens is 1. The van der Waals surface area contributed by atoms with Crippen molar-refractivity contribution in [3.8, 4) is 0 Å². The molecule has 0 saturated heterocycles. The topological polar surface area (TPSA) is 38.9 Å². The maximum atomic E-state index is 6.09. The van der Waals surface area contributed by atoms with Crippen LogP contribution in [0.15, 0.2) is 24.3 Å². The predicted octanol–water partition coefficient (Wildman–Crippen LogP) is 3.59. The van der Waals surface area contributed by atoms with Crippen molar-refractivity contribution in [3.63, 3.8) is 0 Å². The monoisotopic (exact) mass is 220 g/mol. The number of anilines is 1. The highest BCUT2D eigenvalue weighted by molar-refractivity contribution is 6.35. The van der Waals surface area contributed by atoms with E-state index in [9.17, 15) is 0 Å². The second-order valence-corrected chi connectivity index (χ2v) is 4.33. The van der Waals surface area contributed by atoms with Crippen molar-refractivity contribution in [1.29, 1.82) is 0 Å². The van der Waals surface area contributed by atoms with E-state index >= 15 is 0 Å². The molecule has 2 nitrogen and oxygen atoms in total. The van der Waals surface area contributed by atoms with Gasteiger partial charge in [0.25, 0.3) is 0 Å². The molecule has 0 spiro atoms. The number of hydrogen-bond donors (Lipinski definition) is 1. The van der Waals surface area contributed by atoms with Crippen molar-refractivity contribution >= 4 is 28.2 Å². The third-order valence-corrected chi connectivity index (χ3v) is 2.74. The number of hydrogen-bond acceptors (Lipinski definition) is 2. The summed E-state index contributed by atoms with van der Waals surface area (Å²) in [6, 6.07) is 7.58. The number of nitrogen functional groups attached to an aromatic ring is 1. The van der Waals surface area contributed by atoms with Crippen LogP contribution in [0, 0.1) is 0 Å². The van der Waals surface area contributed by atoms with Crippen LogP contribution in [0.5, 0.6) is 0 Å². The maximum absolute atomic E-state index is 6.09. The van der Waals surface area contributed by atoms with Crippen molar-refractivity contribution in [3.05, 3.63) is 35.0 Å². The minimum atomic E-state index is 0.355. The second-order valence-electron chi connectivity index (χ2n) is 3.93. The number of pyridine rings is 1. The quantitative estimate of drug-likeness (QED) is 0.798. The number of nitrogens with zero attached hydrogens (tertiary/aromatic N) is 1. The summed E-state index contributed by atoms with van der Waals surface area (Å²) in [5.74, 6) is 0.355. The van der Waals surface area contributed by atoms with E-state index in [0.29, 0.717) is 10.9 Å². The molecule has 2 rings (SSSR count). The third kappa shape index (κ3) is 1.77. The van der Waals surface area contributed by atoms with E-state index < -0.39 is 0 Å². The summed E-state index contributed by atoms with van der Waals surface area (Å²) < 4.78 is 0. The lowest BCUT2D eigenvalue weighted by Crippen LogP contribution is -1.97. The Hall–Kier alpha value is -1.28. The van der Waals surface area contributed by atoms with E-state index in [2.05, 4.69) is 18.8 Å². The zero-order valence-corrected chi connectivity index (χ0v) is 9.55. The summed E-state index contributed by atoms with van der Waals surface area (Å²) in [7, 11) is 0. The summed E-state index contributed by atoms with van der Waals surface area (Å²) in [6.07, 6.45) is 0. The molecule has 0 saturated carbocycles. The fourth-order valence-electron chi connectivity index (χ4n) is 1.56. The first-order chi connectivity index (χ1) is 7.09. The normalized spacial score (nSPS) is 11.2. The van der Waals surface area contributed by atoms with Gasteiger partial charge in [-0.1, -0.05) is 37.6 Å². The molecule has 0 bridgehead atoms. The largest absolute Gasteiger partial charge is 0.398 e. The Morgan fingerprint density at radius 3 is 2.73 bits per heavy atom. The molecule has 0 aliphatic heterocycles. The van der Waals surface area contributed by atoms with Gasteiger partial charge in [-0.15, -0.1) is 0 Å². The summed E-state index contributed by atoms with van der Waals surface area (Å²) in [5, 5.41) is 1.58. The van der Waals surface area contributed by atoms with Crippen LogP contribution in [0.3, 0.4) is 0 Å². The molecule has 1 heterocycles. The highest BCUT2D eigenvalue weighted by atomic mass is 35.5. The van der Waals surface area contributed by atoms with Crippen LogP contribution in [0.25, 0.3) is 10.9 Å². The molecule has 0 unspecified atom stereocenters. The molecule has 2 aromatic rings. The van der Waals surface area contributed by atoms with Gasteiger partial charge < -0.3 is 5.73 Å². The lowest BCUT2D eigenvalue weighted by Gasteiger charge is -2.09. The standard InChI is InChI=1S/C12H13ClN2/c1-7(2)11-6-10(14)8-4-3-5-9(13)12(8)15-11/h3-7H,1-2H3,(H2,14,15). The molecule has 78 valence electrons. The first-order valence-electron chi connectivity index (χ1n) is 4.94. The van der Waals surface area contributed by atoms with Gasteiger partial charge in [-0.25, -0.2) is 0 Å². The minimum absolute atomic E-state index is 0.355. The van der Waals surface area contributed by atoms with Gasteiger partial charge in [-0.2, -0.15) is 0 Å². The van der Waals surface area contributed by atoms with Crippen molar-refractivity contribution in [2.45, 2.75) is 19.8 Å². The predicted molar refractivity (Wildman–Crippen MR) is 65.3 cm³/mol. The van der Waals surface area contributed by atoms with E-state index in [1.807, 2.05) is 24.3 Å². The first-order valence-corrected chi connectivity index (χ1v) is 5.32. The number of benzene rings is 1. The Labute approximate surface area is 94.1 Å². The smallest absolute Gasteiger partial charge is 0.0912 e. The van der Waals surface area contributed by atoms with E-state index in [0.717, 1.165) is 22.3 Å². The highest BCUT2D eigenvalue weighted by Crippen LogP contribution is 2.28. The number of rotatable bonds is 1.